The van der Waals surface area contributed by atoms with Crippen molar-refractivity contribution in [2.75, 3.05) is 6.26 Å². The maximum Gasteiger partial charge on any atom is 0.178 e. The van der Waals surface area contributed by atoms with E-state index in [1.54, 1.807) is 18.0 Å². The molecule has 0 radical (unpaired) electrons. The molecule has 0 saturated carbocycles. The van der Waals surface area contributed by atoms with Gasteiger partial charge in [0.25, 0.3) is 0 Å². The van der Waals surface area contributed by atoms with Crippen LogP contribution < -0.4 is 0 Å². The summed E-state index contributed by atoms with van der Waals surface area (Å²) in [5, 5.41) is 0. The number of fused-ring (bicyclic) bond motifs is 1. The van der Waals surface area contributed by atoms with Gasteiger partial charge in [0.1, 0.15) is 5.82 Å². The van der Waals surface area contributed by atoms with Gasteiger partial charge in [-0.3, -0.25) is 0 Å². The number of hydrogen-bond donors (Lipinski definition) is 1. The highest BCUT2D eigenvalue weighted by molar-refractivity contribution is 7.98. The van der Waals surface area contributed by atoms with E-state index in [1.807, 2.05) is 18.2 Å². The number of aryl methyl sites for hydroxylation is 1. The highest BCUT2D eigenvalue weighted by atomic mass is 32.2. The minimum Gasteiger partial charge on any atom is -0.336 e. The summed E-state index contributed by atoms with van der Waals surface area (Å²) < 4.78 is 0. The van der Waals surface area contributed by atoms with Crippen LogP contribution in [0.2, 0.25) is 0 Å². The minimum absolute atomic E-state index is 0.779. The number of aromatic amines is 1. The highest BCUT2D eigenvalue weighted by Crippen LogP contribution is 2.29. The van der Waals surface area contributed by atoms with Gasteiger partial charge in [0.05, 0.1) is 5.52 Å². The van der Waals surface area contributed by atoms with Crippen LogP contribution >= 0.6 is 11.8 Å². The number of aromatic nitrogens is 3. The fourth-order valence-corrected chi connectivity index (χ4v) is 2.60. The van der Waals surface area contributed by atoms with Crippen molar-refractivity contribution in [2.45, 2.75) is 11.8 Å². The predicted molar refractivity (Wildman–Crippen MR) is 75.8 cm³/mol. The summed E-state index contributed by atoms with van der Waals surface area (Å²) in [5.41, 5.74) is 4.09. The molecular formula is C14H13N3S. The first-order chi connectivity index (χ1) is 8.79. The lowest BCUT2D eigenvalue weighted by atomic mass is 10.2. The zero-order chi connectivity index (χ0) is 12.5. The van der Waals surface area contributed by atoms with Gasteiger partial charge in [-0.25, -0.2) is 9.97 Å². The first-order valence-electron chi connectivity index (χ1n) is 5.74. The summed E-state index contributed by atoms with van der Waals surface area (Å²) in [4.78, 5) is 13.5. The topological polar surface area (TPSA) is 41.6 Å². The van der Waals surface area contributed by atoms with Crippen LogP contribution in [-0.4, -0.2) is 21.2 Å². The lowest BCUT2D eigenvalue weighted by molar-refractivity contribution is 1.27. The molecule has 2 aromatic heterocycles. The zero-order valence-electron chi connectivity index (χ0n) is 10.3. The number of imidazole rings is 1. The normalized spacial score (nSPS) is 11.0. The average molecular weight is 255 g/mol. The van der Waals surface area contributed by atoms with Gasteiger partial charge in [0.15, 0.2) is 5.65 Å². The molecule has 1 aromatic carbocycles. The van der Waals surface area contributed by atoms with Gasteiger partial charge < -0.3 is 4.98 Å². The Kier molecular flexibility index (Phi) is 2.80. The number of nitrogens with one attached hydrogen (secondary N) is 1. The molecule has 90 valence electrons. The molecule has 0 bridgehead atoms. The fraction of sp³-hybridized carbons (Fsp3) is 0.143. The van der Waals surface area contributed by atoms with Crippen molar-refractivity contribution >= 4 is 22.9 Å². The van der Waals surface area contributed by atoms with Crippen molar-refractivity contribution in [3.05, 3.63) is 42.1 Å². The first kappa shape index (κ1) is 11.3. The molecule has 1 N–H and O–H groups in total. The molecule has 3 rings (SSSR count). The molecule has 0 saturated heterocycles. The van der Waals surface area contributed by atoms with Gasteiger partial charge in [0, 0.05) is 16.7 Å². The lowest BCUT2D eigenvalue weighted by Gasteiger charge is -2.02. The van der Waals surface area contributed by atoms with E-state index in [1.165, 1.54) is 10.5 Å². The van der Waals surface area contributed by atoms with Gasteiger partial charge in [-0.15, -0.1) is 11.8 Å². The van der Waals surface area contributed by atoms with E-state index in [2.05, 4.69) is 40.3 Å². The van der Waals surface area contributed by atoms with Gasteiger partial charge in [-0.05, 0) is 30.9 Å². The molecule has 18 heavy (non-hydrogen) atoms. The van der Waals surface area contributed by atoms with Crippen LogP contribution in [0.15, 0.2) is 41.4 Å². The Morgan fingerprint density at radius 1 is 1.17 bits per heavy atom. The molecule has 0 amide bonds. The van der Waals surface area contributed by atoms with Crippen molar-refractivity contribution in [1.82, 2.24) is 15.0 Å². The van der Waals surface area contributed by atoms with E-state index in [0.29, 0.717) is 0 Å². The van der Waals surface area contributed by atoms with E-state index >= 15 is 0 Å². The SMILES string of the molecule is CSc1ccccc1-c1nc2nccc(C)c2[nH]1. The second kappa shape index (κ2) is 4.46. The Labute approximate surface area is 110 Å². The van der Waals surface area contributed by atoms with Crippen molar-refractivity contribution in [2.24, 2.45) is 0 Å². The van der Waals surface area contributed by atoms with E-state index in [-0.39, 0.29) is 0 Å². The van der Waals surface area contributed by atoms with Gasteiger partial charge in [-0.1, -0.05) is 18.2 Å². The Morgan fingerprint density at radius 2 is 2.00 bits per heavy atom. The lowest BCUT2D eigenvalue weighted by Crippen LogP contribution is -1.83. The maximum atomic E-state index is 4.57. The minimum atomic E-state index is 0.779. The van der Waals surface area contributed by atoms with Crippen LogP contribution in [0.4, 0.5) is 0 Å². The van der Waals surface area contributed by atoms with Crippen molar-refractivity contribution in [3.63, 3.8) is 0 Å². The van der Waals surface area contributed by atoms with Crippen LogP contribution in [0, 0.1) is 6.92 Å². The largest absolute Gasteiger partial charge is 0.336 e. The molecule has 2 heterocycles. The summed E-state index contributed by atoms with van der Waals surface area (Å²) in [6.07, 6.45) is 3.87. The predicted octanol–water partition coefficient (Wildman–Crippen LogP) is 3.66. The number of hydrogen-bond acceptors (Lipinski definition) is 3. The van der Waals surface area contributed by atoms with Crippen molar-refractivity contribution < 1.29 is 0 Å². The molecule has 0 fully saturated rings. The number of pyridine rings is 1. The van der Waals surface area contributed by atoms with Crippen LogP contribution in [0.5, 0.6) is 0 Å². The molecule has 0 aliphatic rings. The first-order valence-corrected chi connectivity index (χ1v) is 6.97. The monoisotopic (exact) mass is 255 g/mol. The van der Waals surface area contributed by atoms with Crippen molar-refractivity contribution in [3.8, 4) is 11.4 Å². The Morgan fingerprint density at radius 3 is 2.78 bits per heavy atom. The van der Waals surface area contributed by atoms with Gasteiger partial charge in [0.2, 0.25) is 0 Å². The Hall–Kier alpha value is -1.81. The number of benzene rings is 1. The van der Waals surface area contributed by atoms with Crippen LogP contribution in [-0.2, 0) is 0 Å². The van der Waals surface area contributed by atoms with Crippen molar-refractivity contribution in [1.29, 1.82) is 0 Å². The van der Waals surface area contributed by atoms with Crippen LogP contribution in [0.25, 0.3) is 22.6 Å². The molecule has 3 nitrogen and oxygen atoms in total. The molecule has 4 heteroatoms. The molecule has 0 unspecified atom stereocenters. The highest BCUT2D eigenvalue weighted by Gasteiger charge is 2.10. The molecule has 0 spiro atoms. The number of rotatable bonds is 2. The standard InChI is InChI=1S/C14H13N3S/c1-9-7-8-15-14-12(9)16-13(17-14)10-5-3-4-6-11(10)18-2/h3-8H,1-2H3,(H,15,16,17). The molecule has 0 aliphatic heterocycles. The molecule has 0 atom stereocenters. The van der Waals surface area contributed by atoms with E-state index < -0.39 is 0 Å². The third-order valence-electron chi connectivity index (χ3n) is 2.96. The number of nitrogens with zero attached hydrogens (tertiary/aromatic N) is 2. The summed E-state index contributed by atoms with van der Waals surface area (Å²) in [6.45, 7) is 2.06. The Bertz CT molecular complexity index is 703. The van der Waals surface area contributed by atoms with Crippen LogP contribution in [0.1, 0.15) is 5.56 Å². The maximum absolute atomic E-state index is 4.57. The molecule has 3 aromatic rings. The summed E-state index contributed by atoms with van der Waals surface area (Å²) in [7, 11) is 0. The summed E-state index contributed by atoms with van der Waals surface area (Å²) >= 11 is 1.72. The number of thioether (sulfide) groups is 1. The number of H-pyrrole nitrogens is 1. The van der Waals surface area contributed by atoms with Crippen LogP contribution in [0.3, 0.4) is 0 Å². The van der Waals surface area contributed by atoms with Gasteiger partial charge >= 0.3 is 0 Å². The van der Waals surface area contributed by atoms with Gasteiger partial charge in [-0.2, -0.15) is 0 Å². The molecular weight excluding hydrogens is 242 g/mol. The zero-order valence-corrected chi connectivity index (χ0v) is 11.1. The second-order valence-corrected chi connectivity index (χ2v) is 4.96. The third-order valence-corrected chi connectivity index (χ3v) is 3.76. The van der Waals surface area contributed by atoms with E-state index in [9.17, 15) is 0 Å². The van der Waals surface area contributed by atoms with E-state index in [4.69, 9.17) is 0 Å². The molecule has 0 aliphatic carbocycles. The smallest absolute Gasteiger partial charge is 0.178 e. The summed E-state index contributed by atoms with van der Waals surface area (Å²) in [6, 6.07) is 10.3. The average Bonchev–Trinajstić information content (AvgIpc) is 2.84. The fourth-order valence-electron chi connectivity index (χ4n) is 2.00. The summed E-state index contributed by atoms with van der Waals surface area (Å²) in [5.74, 6) is 0.886. The third kappa shape index (κ3) is 1.78. The quantitative estimate of drug-likeness (QED) is 0.711. The second-order valence-electron chi connectivity index (χ2n) is 4.11. The Balaban J connectivity index is 2.23. The van der Waals surface area contributed by atoms with E-state index in [0.717, 1.165) is 22.6 Å².